The Morgan fingerprint density at radius 2 is 1.91 bits per heavy atom. The van der Waals surface area contributed by atoms with E-state index in [0.717, 1.165) is 31.6 Å². The van der Waals surface area contributed by atoms with E-state index < -0.39 is 0 Å². The highest BCUT2D eigenvalue weighted by Gasteiger charge is 2.20. The van der Waals surface area contributed by atoms with Crippen LogP contribution in [0.2, 0.25) is 0 Å². The number of ether oxygens (including phenoxy) is 1. The van der Waals surface area contributed by atoms with Crippen LogP contribution >= 0.6 is 0 Å². The smallest absolute Gasteiger partial charge is 0.274 e. The molecule has 0 saturated carbocycles. The van der Waals surface area contributed by atoms with Crippen molar-refractivity contribution in [3.05, 3.63) is 42.2 Å². The number of rotatable bonds is 6. The summed E-state index contributed by atoms with van der Waals surface area (Å²) in [5.74, 6) is 0.879. The third-order valence-corrected chi connectivity index (χ3v) is 5.70. The fraction of sp³-hybridized carbons (Fsp3) is 0.391. The number of likely N-dealkylation sites (N-methyl/N-ethyl adjacent to an activating group) is 1. The van der Waals surface area contributed by atoms with Crippen LogP contribution in [0.15, 0.2) is 36.5 Å². The maximum absolute atomic E-state index is 12.8. The minimum atomic E-state index is -0.339. The Bertz CT molecular complexity index is 1170. The number of piperazine rings is 1. The average Bonchev–Trinajstić information content (AvgIpc) is 3.19. The molecule has 174 valence electrons. The summed E-state index contributed by atoms with van der Waals surface area (Å²) in [4.78, 5) is 35.8. The third-order valence-electron chi connectivity index (χ3n) is 5.70. The average molecular weight is 452 g/mol. The van der Waals surface area contributed by atoms with Gasteiger partial charge in [-0.3, -0.25) is 14.3 Å². The normalized spacial score (nSPS) is 14.4. The van der Waals surface area contributed by atoms with Gasteiger partial charge in [-0.15, -0.1) is 0 Å². The van der Waals surface area contributed by atoms with Crippen molar-refractivity contribution >= 4 is 34.2 Å². The maximum Gasteiger partial charge on any atom is 0.274 e. The molecule has 0 spiro atoms. The Labute approximate surface area is 192 Å². The number of anilines is 2. The van der Waals surface area contributed by atoms with Crippen molar-refractivity contribution in [1.82, 2.24) is 24.6 Å². The lowest BCUT2D eigenvalue weighted by Crippen LogP contribution is -2.48. The Hall–Kier alpha value is -3.66. The number of hydrogen-bond donors (Lipinski definition) is 1. The molecule has 0 aliphatic carbocycles. The van der Waals surface area contributed by atoms with E-state index in [9.17, 15) is 9.59 Å². The molecule has 1 aliphatic rings. The number of fused-ring (bicyclic) bond motifs is 1. The van der Waals surface area contributed by atoms with E-state index >= 15 is 0 Å². The quantitative estimate of drug-likeness (QED) is 0.607. The molecule has 0 unspecified atom stereocenters. The van der Waals surface area contributed by atoms with E-state index in [1.165, 1.54) is 7.11 Å². The summed E-state index contributed by atoms with van der Waals surface area (Å²) in [5.41, 5.74) is 1.50. The van der Waals surface area contributed by atoms with Crippen LogP contribution in [-0.2, 0) is 11.3 Å². The van der Waals surface area contributed by atoms with Crippen molar-refractivity contribution in [2.24, 2.45) is 0 Å². The lowest BCUT2D eigenvalue weighted by Gasteiger charge is -2.32. The van der Waals surface area contributed by atoms with Crippen molar-refractivity contribution < 1.29 is 14.3 Å². The number of pyridine rings is 1. The molecule has 2 aromatic heterocycles. The number of aromatic nitrogens is 3. The van der Waals surface area contributed by atoms with Gasteiger partial charge in [0.25, 0.3) is 5.91 Å². The molecule has 1 saturated heterocycles. The highest BCUT2D eigenvalue weighted by Crippen LogP contribution is 2.30. The number of hydrogen-bond acceptors (Lipinski definition) is 7. The first-order valence-corrected chi connectivity index (χ1v) is 10.8. The molecule has 1 aliphatic heterocycles. The fourth-order valence-electron chi connectivity index (χ4n) is 3.73. The van der Waals surface area contributed by atoms with Crippen molar-refractivity contribution in [3.63, 3.8) is 0 Å². The van der Waals surface area contributed by atoms with Gasteiger partial charge < -0.3 is 24.8 Å². The number of nitrogens with zero attached hydrogens (tertiary/aromatic N) is 6. The minimum Gasteiger partial charge on any atom is -0.494 e. The van der Waals surface area contributed by atoms with E-state index in [0.29, 0.717) is 28.5 Å². The third kappa shape index (κ3) is 5.06. The first kappa shape index (κ1) is 22.5. The zero-order chi connectivity index (χ0) is 23.5. The van der Waals surface area contributed by atoms with Gasteiger partial charge in [-0.2, -0.15) is 5.10 Å². The highest BCUT2D eigenvalue weighted by atomic mass is 16.5. The van der Waals surface area contributed by atoms with Crippen LogP contribution in [0.4, 0.5) is 11.5 Å². The molecule has 1 fully saturated rings. The molecule has 33 heavy (non-hydrogen) atoms. The molecule has 2 amide bonds. The van der Waals surface area contributed by atoms with Gasteiger partial charge in [0.15, 0.2) is 0 Å². The Kier molecular flexibility index (Phi) is 6.45. The van der Waals surface area contributed by atoms with Crippen molar-refractivity contribution in [3.8, 4) is 5.75 Å². The van der Waals surface area contributed by atoms with Gasteiger partial charge in [0.2, 0.25) is 5.91 Å². The molecule has 0 radical (unpaired) electrons. The summed E-state index contributed by atoms with van der Waals surface area (Å²) in [6.07, 6.45) is 1.81. The van der Waals surface area contributed by atoms with Gasteiger partial charge in [0, 0.05) is 57.9 Å². The number of benzene rings is 1. The zero-order valence-corrected chi connectivity index (χ0v) is 19.4. The lowest BCUT2D eigenvalue weighted by molar-refractivity contribution is -0.133. The second kappa shape index (κ2) is 9.45. The standard InChI is InChI=1S/C23H29N7O3/c1-27(2)21-7-5-6-17(24-21)23(32)25-19-12-16-14-30(26-18(16)13-20(19)33-4)15-22(31)29-10-8-28(3)9-11-29/h5-7,12-14H,8-11,15H2,1-4H3,(H,25,32). The lowest BCUT2D eigenvalue weighted by atomic mass is 10.2. The molecule has 4 rings (SSSR count). The van der Waals surface area contributed by atoms with Gasteiger partial charge in [-0.1, -0.05) is 6.07 Å². The molecule has 0 atom stereocenters. The van der Waals surface area contributed by atoms with Crippen LogP contribution in [0, 0.1) is 0 Å². The van der Waals surface area contributed by atoms with Crippen LogP contribution < -0.4 is 15.0 Å². The van der Waals surface area contributed by atoms with E-state index in [-0.39, 0.29) is 18.4 Å². The van der Waals surface area contributed by atoms with Gasteiger partial charge in [-0.25, -0.2) is 4.98 Å². The molecule has 0 bridgehead atoms. The predicted octanol–water partition coefficient (Wildman–Crippen LogP) is 1.53. The van der Waals surface area contributed by atoms with Gasteiger partial charge >= 0.3 is 0 Å². The molecule has 1 aromatic carbocycles. The molecule has 3 aromatic rings. The van der Waals surface area contributed by atoms with Crippen LogP contribution in [0.25, 0.3) is 10.9 Å². The highest BCUT2D eigenvalue weighted by molar-refractivity contribution is 6.05. The van der Waals surface area contributed by atoms with Gasteiger partial charge in [0.1, 0.15) is 23.8 Å². The molecule has 10 nitrogen and oxygen atoms in total. The summed E-state index contributed by atoms with van der Waals surface area (Å²) in [6.45, 7) is 3.37. The summed E-state index contributed by atoms with van der Waals surface area (Å²) < 4.78 is 7.11. The molecule has 1 N–H and O–H groups in total. The monoisotopic (exact) mass is 451 g/mol. The Morgan fingerprint density at radius 3 is 2.61 bits per heavy atom. The minimum absolute atomic E-state index is 0.0447. The second-order valence-corrected chi connectivity index (χ2v) is 8.35. The summed E-state index contributed by atoms with van der Waals surface area (Å²) in [5, 5.41) is 8.21. The van der Waals surface area contributed by atoms with Crippen LogP contribution in [0.3, 0.4) is 0 Å². The summed E-state index contributed by atoms with van der Waals surface area (Å²) in [7, 11) is 7.33. The number of carbonyl (C=O) groups is 2. The SMILES string of the molecule is COc1cc2nn(CC(=O)N3CCN(C)CC3)cc2cc1NC(=O)c1cccc(N(C)C)n1. The molecular weight excluding hydrogens is 422 g/mol. The van der Waals surface area contributed by atoms with Crippen LogP contribution in [-0.4, -0.2) is 90.8 Å². The molecule has 10 heteroatoms. The number of carbonyl (C=O) groups excluding carboxylic acids is 2. The van der Waals surface area contributed by atoms with Crippen molar-refractivity contribution in [2.75, 3.05) is 64.6 Å². The summed E-state index contributed by atoms with van der Waals surface area (Å²) in [6, 6.07) is 8.84. The first-order chi connectivity index (χ1) is 15.8. The molecular formula is C23H29N7O3. The number of nitrogens with one attached hydrogen (secondary N) is 1. The fourth-order valence-corrected chi connectivity index (χ4v) is 3.73. The predicted molar refractivity (Wildman–Crippen MR) is 127 cm³/mol. The van der Waals surface area contributed by atoms with Crippen molar-refractivity contribution in [2.45, 2.75) is 6.54 Å². The van der Waals surface area contributed by atoms with Crippen LogP contribution in [0.5, 0.6) is 5.75 Å². The topological polar surface area (TPSA) is 95.8 Å². The number of methoxy groups -OCH3 is 1. The van der Waals surface area contributed by atoms with E-state index in [2.05, 4.69) is 27.3 Å². The van der Waals surface area contributed by atoms with E-state index in [1.54, 1.807) is 28.9 Å². The largest absolute Gasteiger partial charge is 0.494 e. The molecule has 3 heterocycles. The van der Waals surface area contributed by atoms with E-state index in [4.69, 9.17) is 4.74 Å². The second-order valence-electron chi connectivity index (χ2n) is 8.35. The van der Waals surface area contributed by atoms with Crippen LogP contribution in [0.1, 0.15) is 10.5 Å². The van der Waals surface area contributed by atoms with E-state index in [1.807, 2.05) is 36.2 Å². The number of amides is 2. The summed E-state index contributed by atoms with van der Waals surface area (Å²) >= 11 is 0. The Balaban J connectivity index is 1.53. The zero-order valence-electron chi connectivity index (χ0n) is 19.4. The van der Waals surface area contributed by atoms with Gasteiger partial charge in [-0.05, 0) is 25.2 Å². The van der Waals surface area contributed by atoms with Crippen molar-refractivity contribution in [1.29, 1.82) is 0 Å². The Morgan fingerprint density at radius 1 is 1.15 bits per heavy atom. The first-order valence-electron chi connectivity index (χ1n) is 10.8. The van der Waals surface area contributed by atoms with Gasteiger partial charge in [0.05, 0.1) is 18.3 Å². The maximum atomic E-state index is 12.8.